The van der Waals surface area contributed by atoms with Gasteiger partial charge in [0.2, 0.25) is 0 Å². The zero-order valence-corrected chi connectivity index (χ0v) is 12.7. The zero-order chi connectivity index (χ0) is 14.6. The second-order valence-electron chi connectivity index (χ2n) is 4.49. The SMILES string of the molecule is CS(=O)(=O)c1cccc(Cl)c1CNCCc1ccco1. The van der Waals surface area contributed by atoms with Gasteiger partial charge in [-0.25, -0.2) is 8.42 Å². The fourth-order valence-corrected chi connectivity index (χ4v) is 3.19. The largest absolute Gasteiger partial charge is 0.469 e. The molecule has 4 nitrogen and oxygen atoms in total. The molecule has 0 spiro atoms. The molecule has 0 fully saturated rings. The number of hydrogen-bond donors (Lipinski definition) is 1. The van der Waals surface area contributed by atoms with Gasteiger partial charge in [0.25, 0.3) is 0 Å². The molecule has 1 heterocycles. The molecule has 1 aromatic carbocycles. The molecule has 0 saturated carbocycles. The number of furan rings is 1. The molecule has 1 N–H and O–H groups in total. The van der Waals surface area contributed by atoms with Crippen molar-refractivity contribution < 1.29 is 12.8 Å². The molecule has 2 rings (SSSR count). The van der Waals surface area contributed by atoms with Crippen LogP contribution in [0.5, 0.6) is 0 Å². The van der Waals surface area contributed by atoms with Gasteiger partial charge in [-0.1, -0.05) is 17.7 Å². The summed E-state index contributed by atoms with van der Waals surface area (Å²) in [5.74, 6) is 0.889. The van der Waals surface area contributed by atoms with E-state index >= 15 is 0 Å². The van der Waals surface area contributed by atoms with Crippen molar-refractivity contribution in [1.29, 1.82) is 0 Å². The third-order valence-electron chi connectivity index (χ3n) is 2.91. The van der Waals surface area contributed by atoms with Crippen LogP contribution in [0.2, 0.25) is 5.02 Å². The molecule has 0 bridgehead atoms. The average molecular weight is 314 g/mol. The zero-order valence-electron chi connectivity index (χ0n) is 11.1. The van der Waals surface area contributed by atoms with Gasteiger partial charge in [-0.3, -0.25) is 0 Å². The molecule has 20 heavy (non-hydrogen) atoms. The van der Waals surface area contributed by atoms with Crippen molar-refractivity contribution in [2.45, 2.75) is 17.9 Å². The van der Waals surface area contributed by atoms with E-state index in [9.17, 15) is 8.42 Å². The third kappa shape index (κ3) is 3.85. The predicted octanol–water partition coefficient (Wildman–Crippen LogP) is 2.67. The highest BCUT2D eigenvalue weighted by Gasteiger charge is 2.15. The van der Waals surface area contributed by atoms with Crippen molar-refractivity contribution in [3.63, 3.8) is 0 Å². The number of benzene rings is 1. The molecule has 0 aliphatic heterocycles. The highest BCUT2D eigenvalue weighted by Crippen LogP contribution is 2.23. The lowest BCUT2D eigenvalue weighted by atomic mass is 10.2. The molecule has 0 unspecified atom stereocenters. The summed E-state index contributed by atoms with van der Waals surface area (Å²) in [5.41, 5.74) is 0.608. The highest BCUT2D eigenvalue weighted by molar-refractivity contribution is 7.90. The van der Waals surface area contributed by atoms with E-state index in [-0.39, 0.29) is 4.90 Å². The number of sulfone groups is 1. The van der Waals surface area contributed by atoms with Gasteiger partial charge < -0.3 is 9.73 Å². The van der Waals surface area contributed by atoms with Gasteiger partial charge in [-0.15, -0.1) is 0 Å². The Morgan fingerprint density at radius 3 is 2.70 bits per heavy atom. The molecular weight excluding hydrogens is 298 g/mol. The molecular formula is C14H16ClNO3S. The van der Waals surface area contributed by atoms with Gasteiger partial charge in [-0.2, -0.15) is 0 Å². The van der Waals surface area contributed by atoms with E-state index in [1.807, 2.05) is 12.1 Å². The van der Waals surface area contributed by atoms with Gasteiger partial charge in [0, 0.05) is 36.4 Å². The van der Waals surface area contributed by atoms with E-state index in [0.29, 0.717) is 23.7 Å². The standard InChI is InChI=1S/C14H16ClNO3S/c1-20(17,18)14-6-2-5-13(15)12(14)10-16-8-7-11-4-3-9-19-11/h2-6,9,16H,7-8,10H2,1H3. The van der Waals surface area contributed by atoms with E-state index in [1.165, 1.54) is 6.26 Å². The van der Waals surface area contributed by atoms with Crippen molar-refractivity contribution in [3.05, 3.63) is 52.9 Å². The molecule has 0 atom stereocenters. The predicted molar refractivity (Wildman–Crippen MR) is 78.7 cm³/mol. The summed E-state index contributed by atoms with van der Waals surface area (Å²) in [7, 11) is -3.28. The molecule has 2 aromatic rings. The van der Waals surface area contributed by atoms with Crippen molar-refractivity contribution in [3.8, 4) is 0 Å². The molecule has 1 aromatic heterocycles. The quantitative estimate of drug-likeness (QED) is 0.833. The van der Waals surface area contributed by atoms with Crippen LogP contribution in [0.1, 0.15) is 11.3 Å². The Morgan fingerprint density at radius 1 is 1.25 bits per heavy atom. The Bertz CT molecular complexity index is 666. The normalized spacial score (nSPS) is 11.7. The van der Waals surface area contributed by atoms with Crippen LogP contribution in [-0.4, -0.2) is 21.2 Å². The van der Waals surface area contributed by atoms with E-state index in [0.717, 1.165) is 12.2 Å². The van der Waals surface area contributed by atoms with Crippen molar-refractivity contribution in [2.75, 3.05) is 12.8 Å². The highest BCUT2D eigenvalue weighted by atomic mass is 35.5. The second-order valence-corrected chi connectivity index (χ2v) is 6.89. The fraction of sp³-hybridized carbons (Fsp3) is 0.286. The molecule has 0 amide bonds. The maximum Gasteiger partial charge on any atom is 0.175 e. The van der Waals surface area contributed by atoms with E-state index in [4.69, 9.17) is 16.0 Å². The monoisotopic (exact) mass is 313 g/mol. The van der Waals surface area contributed by atoms with E-state index in [2.05, 4.69) is 5.32 Å². The van der Waals surface area contributed by atoms with Gasteiger partial charge in [0.15, 0.2) is 9.84 Å². The van der Waals surface area contributed by atoms with Crippen LogP contribution < -0.4 is 5.32 Å². The maximum absolute atomic E-state index is 11.7. The van der Waals surface area contributed by atoms with Crippen LogP contribution in [0.4, 0.5) is 0 Å². The number of rotatable bonds is 6. The van der Waals surface area contributed by atoms with Crippen molar-refractivity contribution >= 4 is 21.4 Å². The smallest absolute Gasteiger partial charge is 0.175 e. The number of halogens is 1. The first-order valence-electron chi connectivity index (χ1n) is 6.19. The summed E-state index contributed by atoms with van der Waals surface area (Å²) >= 11 is 6.09. The Balaban J connectivity index is 2.02. The maximum atomic E-state index is 11.7. The Kier molecular flexibility index (Phi) is 4.86. The summed E-state index contributed by atoms with van der Waals surface area (Å²) in [6.07, 6.45) is 3.56. The first-order chi connectivity index (χ1) is 9.48. The molecule has 0 saturated heterocycles. The van der Waals surface area contributed by atoms with Crippen LogP contribution in [0.3, 0.4) is 0 Å². The van der Waals surface area contributed by atoms with Gasteiger partial charge >= 0.3 is 0 Å². The lowest BCUT2D eigenvalue weighted by Gasteiger charge is -2.11. The minimum Gasteiger partial charge on any atom is -0.469 e. The van der Waals surface area contributed by atoms with Crippen LogP contribution in [-0.2, 0) is 22.8 Å². The van der Waals surface area contributed by atoms with Crippen LogP contribution in [0.15, 0.2) is 45.9 Å². The van der Waals surface area contributed by atoms with Crippen LogP contribution in [0.25, 0.3) is 0 Å². The Morgan fingerprint density at radius 2 is 2.05 bits per heavy atom. The second kappa shape index (κ2) is 6.43. The molecule has 0 aliphatic rings. The van der Waals surface area contributed by atoms with Crippen molar-refractivity contribution in [1.82, 2.24) is 5.32 Å². The Hall–Kier alpha value is -1.30. The fourth-order valence-electron chi connectivity index (χ4n) is 1.94. The average Bonchev–Trinajstić information content (AvgIpc) is 2.88. The van der Waals surface area contributed by atoms with Crippen LogP contribution >= 0.6 is 11.6 Å². The number of hydrogen-bond acceptors (Lipinski definition) is 4. The van der Waals surface area contributed by atoms with Gasteiger partial charge in [0.05, 0.1) is 11.2 Å². The summed E-state index contributed by atoms with van der Waals surface area (Å²) < 4.78 is 28.7. The minimum atomic E-state index is -3.28. The molecule has 108 valence electrons. The summed E-state index contributed by atoms with van der Waals surface area (Å²) in [4.78, 5) is 0.274. The van der Waals surface area contributed by atoms with Crippen LogP contribution in [0, 0.1) is 0 Å². The third-order valence-corrected chi connectivity index (χ3v) is 4.44. The molecule has 0 aliphatic carbocycles. The lowest BCUT2D eigenvalue weighted by Crippen LogP contribution is -2.18. The summed E-state index contributed by atoms with van der Waals surface area (Å²) in [6.45, 7) is 1.09. The molecule has 0 radical (unpaired) electrons. The minimum absolute atomic E-state index is 0.274. The van der Waals surface area contributed by atoms with Gasteiger partial charge in [0.1, 0.15) is 5.76 Å². The van der Waals surface area contributed by atoms with Crippen molar-refractivity contribution in [2.24, 2.45) is 0 Å². The lowest BCUT2D eigenvalue weighted by molar-refractivity contribution is 0.498. The van der Waals surface area contributed by atoms with E-state index < -0.39 is 9.84 Å². The Labute approximate surface area is 123 Å². The summed E-state index contributed by atoms with van der Waals surface area (Å²) in [6, 6.07) is 8.65. The van der Waals surface area contributed by atoms with E-state index in [1.54, 1.807) is 24.5 Å². The first kappa shape index (κ1) is 15.1. The van der Waals surface area contributed by atoms with Gasteiger partial charge in [-0.05, 0) is 24.3 Å². The number of nitrogens with one attached hydrogen (secondary N) is 1. The summed E-state index contributed by atoms with van der Waals surface area (Å²) in [5, 5.41) is 3.64. The topological polar surface area (TPSA) is 59.3 Å². The molecule has 6 heteroatoms. The first-order valence-corrected chi connectivity index (χ1v) is 8.46.